The second-order valence-electron chi connectivity index (χ2n) is 8.28. The zero-order valence-electron chi connectivity index (χ0n) is 18.3. The molecular formula is C24H30N4O3. The molecule has 7 heteroatoms. The van der Waals surface area contributed by atoms with Crippen LogP contribution in [-0.4, -0.2) is 53.5 Å². The summed E-state index contributed by atoms with van der Waals surface area (Å²) in [5.41, 5.74) is 3.23. The first-order valence-electron chi connectivity index (χ1n) is 11.1. The number of methoxy groups -OCH3 is 1. The SMILES string of the molecule is COCC(=O)N1CCCC1c1nc(C)c2c(n1)N(CCCc1ccccc1)C(=O)CC2. The summed E-state index contributed by atoms with van der Waals surface area (Å²) in [5, 5.41) is 0. The van der Waals surface area contributed by atoms with Crippen LogP contribution in [0.5, 0.6) is 0 Å². The number of aryl methyl sites for hydroxylation is 2. The zero-order valence-corrected chi connectivity index (χ0v) is 18.3. The number of carbonyl (C=O) groups excluding carboxylic acids is 2. The summed E-state index contributed by atoms with van der Waals surface area (Å²) in [6.45, 7) is 3.36. The number of rotatable bonds is 7. The highest BCUT2D eigenvalue weighted by Gasteiger charge is 2.34. The molecule has 1 saturated heterocycles. The third kappa shape index (κ3) is 4.61. The number of likely N-dealkylation sites (tertiary alicyclic amines) is 1. The zero-order chi connectivity index (χ0) is 21.8. The van der Waals surface area contributed by atoms with Gasteiger partial charge in [-0.05, 0) is 44.6 Å². The molecule has 1 atom stereocenters. The molecule has 0 bridgehead atoms. The van der Waals surface area contributed by atoms with Crippen LogP contribution in [0.25, 0.3) is 0 Å². The van der Waals surface area contributed by atoms with Gasteiger partial charge in [0.15, 0.2) is 5.82 Å². The fourth-order valence-corrected chi connectivity index (χ4v) is 4.61. The Hall–Kier alpha value is -2.80. The molecular weight excluding hydrogens is 392 g/mol. The Morgan fingerprint density at radius 1 is 1.19 bits per heavy atom. The van der Waals surface area contributed by atoms with Gasteiger partial charge in [0, 0.05) is 37.9 Å². The van der Waals surface area contributed by atoms with Gasteiger partial charge in [-0.2, -0.15) is 0 Å². The Bertz CT molecular complexity index is 947. The van der Waals surface area contributed by atoms with Crippen LogP contribution >= 0.6 is 0 Å². The first kappa shape index (κ1) is 21.4. The number of hydrogen-bond donors (Lipinski definition) is 0. The molecule has 0 radical (unpaired) electrons. The van der Waals surface area contributed by atoms with E-state index in [1.165, 1.54) is 12.7 Å². The molecule has 0 aliphatic carbocycles. The Labute approximate surface area is 183 Å². The maximum atomic E-state index is 12.8. The minimum Gasteiger partial charge on any atom is -0.375 e. The van der Waals surface area contributed by atoms with E-state index in [-0.39, 0.29) is 24.5 Å². The van der Waals surface area contributed by atoms with E-state index in [9.17, 15) is 9.59 Å². The van der Waals surface area contributed by atoms with Crippen molar-refractivity contribution in [2.45, 2.75) is 51.5 Å². The van der Waals surface area contributed by atoms with E-state index in [4.69, 9.17) is 14.7 Å². The monoisotopic (exact) mass is 422 g/mol. The summed E-state index contributed by atoms with van der Waals surface area (Å²) >= 11 is 0. The van der Waals surface area contributed by atoms with Gasteiger partial charge in [0.1, 0.15) is 12.4 Å². The Balaban J connectivity index is 1.57. The molecule has 2 aromatic rings. The van der Waals surface area contributed by atoms with E-state index in [0.29, 0.717) is 31.8 Å². The number of fused-ring (bicyclic) bond motifs is 1. The van der Waals surface area contributed by atoms with Crippen molar-refractivity contribution in [3.63, 3.8) is 0 Å². The average Bonchev–Trinajstić information content (AvgIpc) is 3.26. The van der Waals surface area contributed by atoms with Crippen LogP contribution in [0.15, 0.2) is 30.3 Å². The van der Waals surface area contributed by atoms with Crippen molar-refractivity contribution in [3.8, 4) is 0 Å². The second kappa shape index (κ2) is 9.56. The van der Waals surface area contributed by atoms with Gasteiger partial charge in [0.2, 0.25) is 11.8 Å². The predicted molar refractivity (Wildman–Crippen MR) is 118 cm³/mol. The lowest BCUT2D eigenvalue weighted by Gasteiger charge is -2.31. The Kier molecular flexibility index (Phi) is 6.61. The third-order valence-corrected chi connectivity index (χ3v) is 6.18. The fourth-order valence-electron chi connectivity index (χ4n) is 4.61. The lowest BCUT2D eigenvalue weighted by atomic mass is 10.0. The molecule has 2 aliphatic rings. The maximum absolute atomic E-state index is 12.8. The number of benzene rings is 1. The predicted octanol–water partition coefficient (Wildman–Crippen LogP) is 3.01. The summed E-state index contributed by atoms with van der Waals surface area (Å²) in [7, 11) is 1.53. The number of carbonyl (C=O) groups is 2. The number of hydrogen-bond acceptors (Lipinski definition) is 5. The molecule has 2 amide bonds. The first-order chi connectivity index (χ1) is 15.1. The van der Waals surface area contributed by atoms with Crippen molar-refractivity contribution in [1.29, 1.82) is 0 Å². The third-order valence-electron chi connectivity index (χ3n) is 6.18. The molecule has 0 N–H and O–H groups in total. The van der Waals surface area contributed by atoms with Crippen LogP contribution in [-0.2, 0) is 27.2 Å². The first-order valence-corrected chi connectivity index (χ1v) is 11.1. The summed E-state index contributed by atoms with van der Waals surface area (Å²) in [5.74, 6) is 1.45. The van der Waals surface area contributed by atoms with Gasteiger partial charge in [-0.1, -0.05) is 30.3 Å². The van der Waals surface area contributed by atoms with Crippen molar-refractivity contribution in [2.24, 2.45) is 0 Å². The van der Waals surface area contributed by atoms with Crippen molar-refractivity contribution in [3.05, 3.63) is 53.0 Å². The maximum Gasteiger partial charge on any atom is 0.249 e. The molecule has 7 nitrogen and oxygen atoms in total. The van der Waals surface area contributed by atoms with Crippen molar-refractivity contribution in [1.82, 2.24) is 14.9 Å². The molecule has 4 rings (SSSR count). The molecule has 1 aromatic carbocycles. The Morgan fingerprint density at radius 3 is 2.77 bits per heavy atom. The normalized spacial score (nSPS) is 18.4. The molecule has 0 spiro atoms. The van der Waals surface area contributed by atoms with Crippen LogP contribution in [0, 0.1) is 6.92 Å². The molecule has 3 heterocycles. The van der Waals surface area contributed by atoms with E-state index in [1.54, 1.807) is 0 Å². The van der Waals surface area contributed by atoms with Crippen LogP contribution in [0.3, 0.4) is 0 Å². The van der Waals surface area contributed by atoms with Crippen molar-refractivity contribution < 1.29 is 14.3 Å². The smallest absolute Gasteiger partial charge is 0.249 e. The number of nitrogens with zero attached hydrogens (tertiary/aromatic N) is 4. The Morgan fingerprint density at radius 2 is 2.00 bits per heavy atom. The summed E-state index contributed by atoms with van der Waals surface area (Å²) in [4.78, 5) is 38.5. The molecule has 1 aromatic heterocycles. The van der Waals surface area contributed by atoms with Gasteiger partial charge >= 0.3 is 0 Å². The van der Waals surface area contributed by atoms with Crippen molar-refractivity contribution >= 4 is 17.6 Å². The van der Waals surface area contributed by atoms with Gasteiger partial charge in [-0.15, -0.1) is 0 Å². The molecule has 31 heavy (non-hydrogen) atoms. The minimum atomic E-state index is -0.158. The highest BCUT2D eigenvalue weighted by atomic mass is 16.5. The van der Waals surface area contributed by atoms with Crippen LogP contribution in [0.1, 0.15) is 54.4 Å². The quantitative estimate of drug-likeness (QED) is 0.686. The average molecular weight is 423 g/mol. The number of aromatic nitrogens is 2. The fraction of sp³-hybridized carbons (Fsp3) is 0.500. The van der Waals surface area contributed by atoms with Crippen molar-refractivity contribution in [2.75, 3.05) is 31.7 Å². The van der Waals surface area contributed by atoms with E-state index in [2.05, 4.69) is 12.1 Å². The topological polar surface area (TPSA) is 75.6 Å². The highest BCUT2D eigenvalue weighted by molar-refractivity contribution is 5.95. The molecule has 1 fully saturated rings. The van der Waals surface area contributed by atoms with E-state index in [0.717, 1.165) is 42.8 Å². The standard InChI is InChI=1S/C24H30N4O3/c1-17-19-12-13-21(29)28(15-6-10-18-8-4-3-5-9-18)24(19)26-23(25-17)20-11-7-14-27(20)22(30)16-31-2/h3-5,8-9,20H,6-7,10-16H2,1-2H3. The summed E-state index contributed by atoms with van der Waals surface area (Å²) < 4.78 is 5.04. The highest BCUT2D eigenvalue weighted by Crippen LogP contribution is 2.34. The van der Waals surface area contributed by atoms with E-state index < -0.39 is 0 Å². The van der Waals surface area contributed by atoms with Gasteiger partial charge in [-0.3, -0.25) is 14.5 Å². The number of ether oxygens (including phenoxy) is 1. The molecule has 2 aliphatic heterocycles. The molecule has 1 unspecified atom stereocenters. The van der Waals surface area contributed by atoms with E-state index in [1.807, 2.05) is 34.9 Å². The second-order valence-corrected chi connectivity index (χ2v) is 8.28. The number of amides is 2. The van der Waals surface area contributed by atoms with Gasteiger partial charge in [-0.25, -0.2) is 9.97 Å². The minimum absolute atomic E-state index is 0.0419. The number of anilines is 1. The van der Waals surface area contributed by atoms with Gasteiger partial charge < -0.3 is 9.64 Å². The van der Waals surface area contributed by atoms with Crippen LogP contribution in [0.4, 0.5) is 5.82 Å². The van der Waals surface area contributed by atoms with Gasteiger partial charge in [0.05, 0.1) is 6.04 Å². The summed E-state index contributed by atoms with van der Waals surface area (Å²) in [6, 6.07) is 10.2. The van der Waals surface area contributed by atoms with Crippen LogP contribution in [0.2, 0.25) is 0 Å². The lowest BCUT2D eigenvalue weighted by molar-refractivity contribution is -0.136. The molecule has 164 valence electrons. The lowest BCUT2D eigenvalue weighted by Crippen LogP contribution is -2.39. The van der Waals surface area contributed by atoms with E-state index >= 15 is 0 Å². The largest absolute Gasteiger partial charge is 0.375 e. The van der Waals surface area contributed by atoms with Crippen LogP contribution < -0.4 is 4.90 Å². The molecule has 0 saturated carbocycles. The van der Waals surface area contributed by atoms with Gasteiger partial charge in [0.25, 0.3) is 0 Å². The summed E-state index contributed by atoms with van der Waals surface area (Å²) in [6.07, 6.45) is 4.69.